The Labute approximate surface area is 164 Å². The second-order valence-corrected chi connectivity index (χ2v) is 11.6. The number of hydrogen-bond acceptors (Lipinski definition) is 5. The van der Waals surface area contributed by atoms with Gasteiger partial charge in [-0.3, -0.25) is 9.12 Å². The van der Waals surface area contributed by atoms with Gasteiger partial charge in [0.2, 0.25) is 16.0 Å². The van der Waals surface area contributed by atoms with Crippen LogP contribution in [0.2, 0.25) is 0 Å². The van der Waals surface area contributed by atoms with Gasteiger partial charge in [0.15, 0.2) is 5.65 Å². The molecule has 0 amide bonds. The first-order chi connectivity index (χ1) is 13.5. The van der Waals surface area contributed by atoms with Gasteiger partial charge < -0.3 is 4.74 Å². The van der Waals surface area contributed by atoms with Gasteiger partial charge in [-0.15, -0.1) is 10.2 Å². The fraction of sp³-hybridized carbons (Fsp3) is 0.700. The number of sulfonamides is 1. The summed E-state index contributed by atoms with van der Waals surface area (Å²) in [4.78, 5) is 0. The summed E-state index contributed by atoms with van der Waals surface area (Å²) in [5.74, 6) is 3.77. The van der Waals surface area contributed by atoms with E-state index >= 15 is 0 Å². The molecule has 0 aromatic carbocycles. The minimum Gasteiger partial charge on any atom is -0.493 e. The maximum absolute atomic E-state index is 12.2. The first-order valence-electron chi connectivity index (χ1n) is 10.5. The van der Waals surface area contributed by atoms with E-state index in [-0.39, 0.29) is 11.2 Å². The fourth-order valence-corrected chi connectivity index (χ4v) is 7.64. The van der Waals surface area contributed by atoms with E-state index in [1.807, 2.05) is 12.1 Å². The van der Waals surface area contributed by atoms with Crippen molar-refractivity contribution in [1.82, 2.24) is 14.6 Å². The first-order valence-corrected chi connectivity index (χ1v) is 12.0. The van der Waals surface area contributed by atoms with Crippen LogP contribution >= 0.6 is 0 Å². The summed E-state index contributed by atoms with van der Waals surface area (Å²) in [6.45, 7) is 0.780. The lowest BCUT2D eigenvalue weighted by molar-refractivity contribution is -0.0745. The van der Waals surface area contributed by atoms with E-state index in [4.69, 9.17) is 4.74 Å². The molecule has 0 radical (unpaired) electrons. The molecule has 7 rings (SSSR count). The van der Waals surface area contributed by atoms with Gasteiger partial charge in [-0.2, -0.15) is 0 Å². The van der Waals surface area contributed by atoms with Crippen LogP contribution in [0.25, 0.3) is 5.65 Å². The number of fused-ring (bicyclic) bond motifs is 1. The molecule has 0 spiro atoms. The number of pyridine rings is 1. The fourth-order valence-electron chi connectivity index (χ4n) is 6.32. The van der Waals surface area contributed by atoms with Gasteiger partial charge >= 0.3 is 0 Å². The maximum Gasteiger partial charge on any atom is 0.242 e. The molecule has 150 valence electrons. The van der Waals surface area contributed by atoms with Crippen molar-refractivity contribution >= 4 is 21.6 Å². The second kappa shape index (κ2) is 5.84. The van der Waals surface area contributed by atoms with Crippen molar-refractivity contribution < 1.29 is 13.2 Å². The van der Waals surface area contributed by atoms with Crippen molar-refractivity contribution in [3.05, 3.63) is 18.3 Å². The topological polar surface area (TPSA) is 85.6 Å². The van der Waals surface area contributed by atoms with Crippen LogP contribution in [0.1, 0.15) is 51.4 Å². The molecule has 8 heteroatoms. The average molecular weight is 403 g/mol. The van der Waals surface area contributed by atoms with E-state index in [0.717, 1.165) is 30.1 Å². The third-order valence-electron chi connectivity index (χ3n) is 7.29. The summed E-state index contributed by atoms with van der Waals surface area (Å²) >= 11 is 0. The zero-order valence-electron chi connectivity index (χ0n) is 15.9. The van der Waals surface area contributed by atoms with E-state index in [2.05, 4.69) is 14.9 Å². The Morgan fingerprint density at radius 3 is 2.43 bits per heavy atom. The Morgan fingerprint density at radius 1 is 1.11 bits per heavy atom. The lowest BCUT2D eigenvalue weighted by atomic mass is 9.50. The number of nitrogens with zero attached hydrogens (tertiary/aromatic N) is 3. The van der Waals surface area contributed by atoms with E-state index in [1.165, 1.54) is 38.5 Å². The van der Waals surface area contributed by atoms with Crippen LogP contribution in [0, 0.1) is 23.2 Å². The smallest absolute Gasteiger partial charge is 0.242 e. The molecule has 7 nitrogen and oxygen atoms in total. The van der Waals surface area contributed by atoms with Crippen LogP contribution in [-0.2, 0) is 10.0 Å². The first kappa shape index (κ1) is 17.1. The van der Waals surface area contributed by atoms with Gasteiger partial charge in [0.1, 0.15) is 5.75 Å². The maximum atomic E-state index is 12.2. The van der Waals surface area contributed by atoms with Gasteiger partial charge in [0, 0.05) is 17.7 Å². The summed E-state index contributed by atoms with van der Waals surface area (Å²) < 4.78 is 34.8. The number of ether oxygens (including phenoxy) is 1. The summed E-state index contributed by atoms with van der Waals surface area (Å²) in [6.07, 6.45) is 11.5. The number of nitrogens with one attached hydrogen (secondary N) is 1. The van der Waals surface area contributed by atoms with Crippen LogP contribution in [0.15, 0.2) is 18.3 Å². The molecule has 2 aromatic rings. The Morgan fingerprint density at radius 2 is 1.79 bits per heavy atom. The molecule has 0 unspecified atom stereocenters. The molecule has 28 heavy (non-hydrogen) atoms. The second-order valence-electron chi connectivity index (χ2n) is 9.67. The standard InChI is InChI=1S/C20H26N4O3S/c25-28(26,17-1-2-17)23-19-22-21-18-8-16(3-4-24(18)19)27-12-20-9-13-5-14(10-20)7-15(6-13)11-20/h3-4,8,13-15,17H,1-2,5-7,9-12H2,(H,22,23). The van der Waals surface area contributed by atoms with Crippen molar-refractivity contribution in [2.24, 2.45) is 23.2 Å². The van der Waals surface area contributed by atoms with Crippen molar-refractivity contribution in [3.63, 3.8) is 0 Å². The summed E-state index contributed by atoms with van der Waals surface area (Å²) in [6, 6.07) is 3.73. The van der Waals surface area contributed by atoms with Gasteiger partial charge in [0.05, 0.1) is 11.9 Å². The Bertz CT molecular complexity index is 992. The van der Waals surface area contributed by atoms with Crippen LogP contribution < -0.4 is 9.46 Å². The molecule has 0 atom stereocenters. The Kier molecular flexibility index (Phi) is 3.56. The van der Waals surface area contributed by atoms with Gasteiger partial charge in [-0.1, -0.05) is 0 Å². The van der Waals surface area contributed by atoms with Crippen molar-refractivity contribution in [1.29, 1.82) is 0 Å². The van der Waals surface area contributed by atoms with Crippen LogP contribution in [0.3, 0.4) is 0 Å². The summed E-state index contributed by atoms with van der Waals surface area (Å²) in [7, 11) is -3.35. The molecule has 5 fully saturated rings. The van der Waals surface area contributed by atoms with Crippen molar-refractivity contribution in [2.45, 2.75) is 56.6 Å². The molecule has 0 aliphatic heterocycles. The average Bonchev–Trinajstić information content (AvgIpc) is 3.43. The SMILES string of the molecule is O=S(=O)(Nc1nnc2cc(OCC34CC5CC(CC(C5)C3)C4)ccn12)C1CC1. The van der Waals surface area contributed by atoms with Gasteiger partial charge in [0.25, 0.3) is 0 Å². The monoisotopic (exact) mass is 402 g/mol. The number of rotatable bonds is 6. The number of aromatic nitrogens is 3. The minimum absolute atomic E-state index is 0.245. The quantitative estimate of drug-likeness (QED) is 0.802. The highest BCUT2D eigenvalue weighted by Crippen LogP contribution is 2.60. The molecule has 2 heterocycles. The largest absolute Gasteiger partial charge is 0.493 e. The Hall–Kier alpha value is -1.83. The third-order valence-corrected chi connectivity index (χ3v) is 9.10. The van der Waals surface area contributed by atoms with Crippen molar-refractivity contribution in [2.75, 3.05) is 11.3 Å². The van der Waals surface area contributed by atoms with E-state index < -0.39 is 10.0 Å². The predicted octanol–water partition coefficient (Wildman–Crippen LogP) is 3.23. The number of anilines is 1. The zero-order chi connectivity index (χ0) is 18.9. The minimum atomic E-state index is -3.35. The van der Waals surface area contributed by atoms with Crippen LogP contribution in [0.4, 0.5) is 5.95 Å². The molecule has 5 aliphatic carbocycles. The molecular formula is C20H26N4O3S. The molecule has 1 N–H and O–H groups in total. The van der Waals surface area contributed by atoms with Gasteiger partial charge in [-0.05, 0) is 75.2 Å². The molecule has 5 saturated carbocycles. The normalized spacial score (nSPS) is 34.1. The highest BCUT2D eigenvalue weighted by Gasteiger charge is 2.51. The van der Waals surface area contributed by atoms with E-state index in [9.17, 15) is 8.42 Å². The van der Waals surface area contributed by atoms with Crippen LogP contribution in [-0.4, -0.2) is 34.9 Å². The molecular weight excluding hydrogens is 376 g/mol. The van der Waals surface area contributed by atoms with E-state index in [0.29, 0.717) is 23.9 Å². The molecule has 0 saturated heterocycles. The third kappa shape index (κ3) is 2.88. The Balaban J connectivity index is 1.18. The number of hydrogen-bond donors (Lipinski definition) is 1. The lowest BCUT2D eigenvalue weighted by Crippen LogP contribution is -2.48. The van der Waals surface area contributed by atoms with Gasteiger partial charge in [-0.25, -0.2) is 8.42 Å². The molecule has 5 aliphatic rings. The zero-order valence-corrected chi connectivity index (χ0v) is 16.7. The van der Waals surface area contributed by atoms with Crippen molar-refractivity contribution in [3.8, 4) is 5.75 Å². The molecule has 2 aromatic heterocycles. The highest BCUT2D eigenvalue weighted by molar-refractivity contribution is 7.93. The predicted molar refractivity (Wildman–Crippen MR) is 105 cm³/mol. The van der Waals surface area contributed by atoms with Crippen LogP contribution in [0.5, 0.6) is 5.75 Å². The highest BCUT2D eigenvalue weighted by atomic mass is 32.2. The summed E-state index contributed by atoms with van der Waals surface area (Å²) in [5, 5.41) is 7.85. The molecule has 4 bridgehead atoms. The van der Waals surface area contributed by atoms with E-state index in [1.54, 1.807) is 10.6 Å². The summed E-state index contributed by atoms with van der Waals surface area (Å²) in [5.41, 5.74) is 0.955. The lowest BCUT2D eigenvalue weighted by Gasteiger charge is -2.56.